The van der Waals surface area contributed by atoms with Gasteiger partial charge in [0.1, 0.15) is 11.5 Å². The summed E-state index contributed by atoms with van der Waals surface area (Å²) in [7, 11) is 1.72. The van der Waals surface area contributed by atoms with Crippen LogP contribution in [0.3, 0.4) is 0 Å². The minimum absolute atomic E-state index is 0.730. The van der Waals surface area contributed by atoms with Crippen LogP contribution in [0.2, 0.25) is 0 Å². The predicted molar refractivity (Wildman–Crippen MR) is 106 cm³/mol. The van der Waals surface area contributed by atoms with Crippen molar-refractivity contribution in [2.45, 2.75) is 26.2 Å². The van der Waals surface area contributed by atoms with Gasteiger partial charge in [-0.3, -0.25) is 0 Å². The number of hydrogen-bond acceptors (Lipinski definition) is 3. The molecule has 4 heteroatoms. The zero-order chi connectivity index (χ0) is 16.9. The van der Waals surface area contributed by atoms with Gasteiger partial charge in [-0.1, -0.05) is 31.5 Å². The van der Waals surface area contributed by atoms with Crippen LogP contribution in [0.1, 0.15) is 30.2 Å². The largest absolute Gasteiger partial charge is 0.496 e. The predicted octanol–water partition coefficient (Wildman–Crippen LogP) is 6.44. The molecule has 0 radical (unpaired) electrons. The van der Waals surface area contributed by atoms with Crippen LogP contribution >= 0.6 is 27.3 Å². The van der Waals surface area contributed by atoms with Gasteiger partial charge in [0.15, 0.2) is 0 Å². The number of ether oxygens (including phenoxy) is 2. The van der Waals surface area contributed by atoms with Crippen molar-refractivity contribution in [3.63, 3.8) is 0 Å². The van der Waals surface area contributed by atoms with E-state index in [1.54, 1.807) is 7.11 Å². The Morgan fingerprint density at radius 2 is 1.92 bits per heavy atom. The first-order valence-electron chi connectivity index (χ1n) is 8.18. The van der Waals surface area contributed by atoms with E-state index >= 15 is 0 Å². The van der Waals surface area contributed by atoms with E-state index in [1.165, 1.54) is 20.5 Å². The first-order valence-corrected chi connectivity index (χ1v) is 9.79. The normalized spacial score (nSPS) is 11.0. The molecule has 0 spiro atoms. The molecule has 0 bridgehead atoms. The number of thiophene rings is 1. The van der Waals surface area contributed by atoms with E-state index in [9.17, 15) is 0 Å². The van der Waals surface area contributed by atoms with Gasteiger partial charge in [0.05, 0.1) is 18.2 Å². The smallest absolute Gasteiger partial charge is 0.137 e. The van der Waals surface area contributed by atoms with E-state index in [2.05, 4.69) is 59.3 Å². The standard InChI is InChI=1S/C20H21BrO2S/c1-3-4-9-23-19-13-18(22-2)15(12-17(19)21)11-16-10-14-7-5-6-8-20(14)24-16/h5-8,10,12-13H,3-4,9,11H2,1-2H3. The zero-order valence-corrected chi connectivity index (χ0v) is 16.4. The van der Waals surface area contributed by atoms with Gasteiger partial charge in [-0.15, -0.1) is 11.3 Å². The number of fused-ring (bicyclic) bond motifs is 1. The fourth-order valence-electron chi connectivity index (χ4n) is 2.65. The van der Waals surface area contributed by atoms with Crippen molar-refractivity contribution in [2.75, 3.05) is 13.7 Å². The summed E-state index contributed by atoms with van der Waals surface area (Å²) in [4.78, 5) is 1.33. The van der Waals surface area contributed by atoms with E-state index in [4.69, 9.17) is 9.47 Å². The fraction of sp³-hybridized carbons (Fsp3) is 0.300. The van der Waals surface area contributed by atoms with Crippen molar-refractivity contribution in [3.8, 4) is 11.5 Å². The summed E-state index contributed by atoms with van der Waals surface area (Å²) < 4.78 is 13.8. The molecule has 3 rings (SSSR count). The molecule has 0 aliphatic heterocycles. The van der Waals surface area contributed by atoms with Gasteiger partial charge in [0.2, 0.25) is 0 Å². The third-order valence-electron chi connectivity index (χ3n) is 3.93. The van der Waals surface area contributed by atoms with Gasteiger partial charge in [0.25, 0.3) is 0 Å². The monoisotopic (exact) mass is 404 g/mol. The zero-order valence-electron chi connectivity index (χ0n) is 14.0. The third kappa shape index (κ3) is 3.93. The Hall–Kier alpha value is -1.52. The summed E-state index contributed by atoms with van der Waals surface area (Å²) in [5.41, 5.74) is 1.17. The highest BCUT2D eigenvalue weighted by molar-refractivity contribution is 9.10. The SMILES string of the molecule is CCCCOc1cc(OC)c(Cc2cc3ccccc3s2)cc1Br. The number of halogens is 1. The van der Waals surface area contributed by atoms with Crippen LogP contribution in [0.15, 0.2) is 46.9 Å². The molecule has 24 heavy (non-hydrogen) atoms. The van der Waals surface area contributed by atoms with Gasteiger partial charge in [-0.25, -0.2) is 0 Å². The lowest BCUT2D eigenvalue weighted by molar-refractivity contribution is 0.305. The van der Waals surface area contributed by atoms with Gasteiger partial charge in [-0.05, 0) is 45.9 Å². The third-order valence-corrected chi connectivity index (χ3v) is 5.67. The minimum atomic E-state index is 0.730. The lowest BCUT2D eigenvalue weighted by Gasteiger charge is -2.13. The average molecular weight is 405 g/mol. The maximum atomic E-state index is 5.85. The summed E-state index contributed by atoms with van der Waals surface area (Å²) in [6.07, 6.45) is 3.04. The number of unbranched alkanes of at least 4 members (excludes halogenated alkanes) is 1. The van der Waals surface area contributed by atoms with Crippen molar-refractivity contribution in [1.82, 2.24) is 0 Å². The molecule has 0 aliphatic carbocycles. The summed E-state index contributed by atoms with van der Waals surface area (Å²) in [6, 6.07) is 14.9. The van der Waals surface area contributed by atoms with Crippen LogP contribution < -0.4 is 9.47 Å². The van der Waals surface area contributed by atoms with Gasteiger partial charge in [-0.2, -0.15) is 0 Å². The average Bonchev–Trinajstić information content (AvgIpc) is 2.99. The van der Waals surface area contributed by atoms with Crippen molar-refractivity contribution < 1.29 is 9.47 Å². The van der Waals surface area contributed by atoms with Crippen LogP contribution in [0.25, 0.3) is 10.1 Å². The van der Waals surface area contributed by atoms with Crippen molar-refractivity contribution in [2.24, 2.45) is 0 Å². The lowest BCUT2D eigenvalue weighted by Crippen LogP contribution is -2.00. The second-order valence-corrected chi connectivity index (χ2v) is 7.75. The second kappa shape index (κ2) is 8.04. The number of rotatable bonds is 7. The van der Waals surface area contributed by atoms with Crippen LogP contribution in [-0.4, -0.2) is 13.7 Å². The molecule has 2 nitrogen and oxygen atoms in total. The fourth-order valence-corrected chi connectivity index (χ4v) is 4.25. The molecule has 0 atom stereocenters. The number of methoxy groups -OCH3 is 1. The highest BCUT2D eigenvalue weighted by Gasteiger charge is 2.12. The van der Waals surface area contributed by atoms with E-state index in [-0.39, 0.29) is 0 Å². The van der Waals surface area contributed by atoms with Crippen LogP contribution in [0.4, 0.5) is 0 Å². The summed E-state index contributed by atoms with van der Waals surface area (Å²) >= 11 is 5.47. The molecule has 0 saturated carbocycles. The van der Waals surface area contributed by atoms with E-state index < -0.39 is 0 Å². The first kappa shape index (κ1) is 17.3. The summed E-state index contributed by atoms with van der Waals surface area (Å²) in [6.45, 7) is 2.89. The Kier molecular flexibility index (Phi) is 5.80. The summed E-state index contributed by atoms with van der Waals surface area (Å²) in [5, 5.41) is 1.30. The molecule has 0 aliphatic rings. The second-order valence-electron chi connectivity index (χ2n) is 5.72. The molecular weight excluding hydrogens is 384 g/mol. The molecule has 0 unspecified atom stereocenters. The minimum Gasteiger partial charge on any atom is -0.496 e. The van der Waals surface area contributed by atoms with Crippen LogP contribution in [-0.2, 0) is 6.42 Å². The molecule has 1 aromatic heterocycles. The van der Waals surface area contributed by atoms with E-state index in [0.29, 0.717) is 0 Å². The molecule has 0 amide bonds. The van der Waals surface area contributed by atoms with E-state index in [0.717, 1.165) is 41.8 Å². The molecule has 0 saturated heterocycles. The van der Waals surface area contributed by atoms with Crippen molar-refractivity contribution in [1.29, 1.82) is 0 Å². The molecule has 126 valence electrons. The Balaban J connectivity index is 1.85. The van der Waals surface area contributed by atoms with Crippen LogP contribution in [0, 0.1) is 0 Å². The quantitative estimate of drug-likeness (QED) is 0.421. The molecule has 0 fully saturated rings. The van der Waals surface area contributed by atoms with Crippen molar-refractivity contribution in [3.05, 3.63) is 57.4 Å². The number of hydrogen-bond donors (Lipinski definition) is 0. The maximum absolute atomic E-state index is 5.85. The van der Waals surface area contributed by atoms with E-state index in [1.807, 2.05) is 17.4 Å². The Morgan fingerprint density at radius 1 is 1.08 bits per heavy atom. The highest BCUT2D eigenvalue weighted by atomic mass is 79.9. The number of benzene rings is 2. The highest BCUT2D eigenvalue weighted by Crippen LogP contribution is 2.36. The van der Waals surface area contributed by atoms with Gasteiger partial charge in [0, 0.05) is 27.6 Å². The molecule has 3 aromatic rings. The van der Waals surface area contributed by atoms with Gasteiger partial charge >= 0.3 is 0 Å². The lowest BCUT2D eigenvalue weighted by atomic mass is 10.1. The Bertz CT molecular complexity index is 793. The first-order chi connectivity index (χ1) is 11.7. The summed E-state index contributed by atoms with van der Waals surface area (Å²) in [5.74, 6) is 1.72. The molecular formula is C20H21BrO2S. The van der Waals surface area contributed by atoms with Gasteiger partial charge < -0.3 is 9.47 Å². The Morgan fingerprint density at radius 3 is 2.67 bits per heavy atom. The van der Waals surface area contributed by atoms with Crippen molar-refractivity contribution >= 4 is 37.4 Å². The topological polar surface area (TPSA) is 18.5 Å². The molecule has 1 heterocycles. The maximum Gasteiger partial charge on any atom is 0.137 e. The molecule has 0 N–H and O–H groups in total. The Labute approximate surface area is 155 Å². The molecule has 2 aromatic carbocycles. The van der Waals surface area contributed by atoms with Crippen LogP contribution in [0.5, 0.6) is 11.5 Å².